The number of amides is 1. The summed E-state index contributed by atoms with van der Waals surface area (Å²) in [5.74, 6) is 0.367. The lowest BCUT2D eigenvalue weighted by molar-refractivity contribution is -0.122. The number of aromatic amines is 1. The van der Waals surface area contributed by atoms with Crippen LogP contribution in [0.5, 0.6) is 0 Å². The second kappa shape index (κ2) is 6.68. The summed E-state index contributed by atoms with van der Waals surface area (Å²) in [5, 5.41) is 8.50. The number of hydrogen-bond acceptors (Lipinski definition) is 4. The molecule has 136 valence electrons. The minimum Gasteiger partial charge on any atom is -0.345 e. The molecule has 0 fully saturated rings. The zero-order valence-corrected chi connectivity index (χ0v) is 15.1. The number of aryl methyl sites for hydroxylation is 1. The smallest absolute Gasteiger partial charge is 0.275 e. The van der Waals surface area contributed by atoms with Crippen molar-refractivity contribution in [2.75, 3.05) is 0 Å². The van der Waals surface area contributed by atoms with E-state index in [2.05, 4.69) is 20.4 Å². The van der Waals surface area contributed by atoms with Gasteiger partial charge in [-0.2, -0.15) is 5.10 Å². The van der Waals surface area contributed by atoms with Crippen molar-refractivity contribution < 1.29 is 4.79 Å². The van der Waals surface area contributed by atoms with E-state index in [-0.39, 0.29) is 24.1 Å². The van der Waals surface area contributed by atoms with Gasteiger partial charge >= 0.3 is 0 Å². The van der Waals surface area contributed by atoms with Crippen LogP contribution in [0.2, 0.25) is 0 Å². The molecule has 0 saturated carbocycles. The van der Waals surface area contributed by atoms with Gasteiger partial charge in [0.1, 0.15) is 12.4 Å². The minimum atomic E-state index is -0.317. The van der Waals surface area contributed by atoms with Crippen molar-refractivity contribution in [2.24, 2.45) is 0 Å². The molecule has 1 atom stereocenters. The van der Waals surface area contributed by atoms with E-state index in [1.807, 2.05) is 50.2 Å². The van der Waals surface area contributed by atoms with E-state index in [9.17, 15) is 9.59 Å². The Morgan fingerprint density at radius 3 is 2.63 bits per heavy atom. The second-order valence-corrected chi connectivity index (χ2v) is 6.52. The Morgan fingerprint density at radius 1 is 1.15 bits per heavy atom. The summed E-state index contributed by atoms with van der Waals surface area (Å²) in [4.78, 5) is 32.7. The number of fused-ring (bicyclic) bond motifs is 2. The van der Waals surface area contributed by atoms with Gasteiger partial charge in [0.25, 0.3) is 5.56 Å². The Hall–Kier alpha value is -3.48. The highest BCUT2D eigenvalue weighted by Gasteiger charge is 2.16. The lowest BCUT2D eigenvalue weighted by Gasteiger charge is -2.13. The number of benzene rings is 2. The largest absolute Gasteiger partial charge is 0.345 e. The molecule has 4 rings (SSSR count). The second-order valence-electron chi connectivity index (χ2n) is 6.52. The number of nitrogens with zero attached hydrogens (tertiary/aromatic N) is 3. The van der Waals surface area contributed by atoms with Gasteiger partial charge in [-0.25, -0.2) is 9.67 Å². The molecule has 0 saturated heterocycles. The maximum Gasteiger partial charge on any atom is 0.275 e. The SMILES string of the molecule is Cc1nn(CC(=O)NC(C)c2nc3ccccc3[nH]2)c(=O)c2ccccc12. The van der Waals surface area contributed by atoms with Crippen molar-refractivity contribution in [2.45, 2.75) is 26.4 Å². The van der Waals surface area contributed by atoms with Crippen LogP contribution in [0.25, 0.3) is 21.8 Å². The Bertz CT molecular complexity index is 1170. The fourth-order valence-electron chi connectivity index (χ4n) is 3.18. The first-order valence-electron chi connectivity index (χ1n) is 8.73. The maximum atomic E-state index is 12.6. The first-order valence-corrected chi connectivity index (χ1v) is 8.73. The number of rotatable bonds is 4. The highest BCUT2D eigenvalue weighted by Crippen LogP contribution is 2.15. The van der Waals surface area contributed by atoms with Crippen LogP contribution in [-0.4, -0.2) is 25.7 Å². The summed E-state index contributed by atoms with van der Waals surface area (Å²) in [6, 6.07) is 14.6. The number of imidazole rings is 1. The number of aromatic nitrogens is 4. The molecule has 0 bridgehead atoms. The van der Waals surface area contributed by atoms with E-state index in [4.69, 9.17) is 0 Å². The Kier molecular flexibility index (Phi) is 4.19. The van der Waals surface area contributed by atoms with Crippen LogP contribution < -0.4 is 10.9 Å². The van der Waals surface area contributed by atoms with E-state index in [1.165, 1.54) is 4.68 Å². The number of carbonyl (C=O) groups excluding carboxylic acids is 1. The highest BCUT2D eigenvalue weighted by molar-refractivity contribution is 5.84. The predicted molar refractivity (Wildman–Crippen MR) is 103 cm³/mol. The minimum absolute atomic E-state index is 0.144. The van der Waals surface area contributed by atoms with E-state index in [0.717, 1.165) is 16.4 Å². The van der Waals surface area contributed by atoms with E-state index in [0.29, 0.717) is 16.9 Å². The summed E-state index contributed by atoms with van der Waals surface area (Å²) in [6.45, 7) is 3.53. The average molecular weight is 361 g/mol. The molecule has 0 spiro atoms. The average Bonchev–Trinajstić information content (AvgIpc) is 3.10. The standard InChI is InChI=1S/C20H19N5O2/c1-12-14-7-3-4-8-15(14)20(27)25(24-12)11-18(26)21-13(2)19-22-16-9-5-6-10-17(16)23-19/h3-10,13H,11H2,1-2H3,(H,21,26)(H,22,23). The van der Waals surface area contributed by atoms with Crippen molar-refractivity contribution in [1.82, 2.24) is 25.1 Å². The molecule has 0 aliphatic carbocycles. The van der Waals surface area contributed by atoms with Gasteiger partial charge in [-0.05, 0) is 32.0 Å². The van der Waals surface area contributed by atoms with E-state index >= 15 is 0 Å². The van der Waals surface area contributed by atoms with Gasteiger partial charge in [-0.1, -0.05) is 30.3 Å². The third-order valence-electron chi connectivity index (χ3n) is 4.54. The molecule has 2 aromatic heterocycles. The number of para-hydroxylation sites is 2. The molecular weight excluding hydrogens is 342 g/mol. The van der Waals surface area contributed by atoms with E-state index in [1.54, 1.807) is 12.1 Å². The number of carbonyl (C=O) groups is 1. The van der Waals surface area contributed by atoms with Gasteiger partial charge in [-0.15, -0.1) is 0 Å². The van der Waals surface area contributed by atoms with Gasteiger partial charge in [0.15, 0.2) is 0 Å². The van der Waals surface area contributed by atoms with Gasteiger partial charge in [0.05, 0.1) is 28.2 Å². The maximum absolute atomic E-state index is 12.6. The summed E-state index contributed by atoms with van der Waals surface area (Å²) in [6.07, 6.45) is 0. The fraction of sp³-hybridized carbons (Fsp3) is 0.200. The molecule has 7 nitrogen and oxygen atoms in total. The summed E-state index contributed by atoms with van der Waals surface area (Å²) in [5.41, 5.74) is 2.19. The van der Waals surface area contributed by atoms with Crippen LogP contribution in [0, 0.1) is 6.92 Å². The predicted octanol–water partition coefficient (Wildman–Crippen LogP) is 2.46. The Balaban J connectivity index is 1.55. The molecule has 0 radical (unpaired) electrons. The summed E-state index contributed by atoms with van der Waals surface area (Å²) in [7, 11) is 0. The molecule has 7 heteroatoms. The first-order chi connectivity index (χ1) is 13.0. The third kappa shape index (κ3) is 3.19. The number of H-pyrrole nitrogens is 1. The van der Waals surface area contributed by atoms with Gasteiger partial charge < -0.3 is 10.3 Å². The van der Waals surface area contributed by atoms with Gasteiger partial charge in [0.2, 0.25) is 5.91 Å². The van der Waals surface area contributed by atoms with E-state index < -0.39 is 0 Å². The molecular formula is C20H19N5O2. The van der Waals surface area contributed by atoms with Gasteiger partial charge in [-0.3, -0.25) is 9.59 Å². The van der Waals surface area contributed by atoms with Gasteiger partial charge in [0, 0.05) is 5.39 Å². The quantitative estimate of drug-likeness (QED) is 0.584. The zero-order valence-electron chi connectivity index (χ0n) is 15.1. The number of nitrogens with one attached hydrogen (secondary N) is 2. The zero-order chi connectivity index (χ0) is 19.0. The lowest BCUT2D eigenvalue weighted by atomic mass is 10.1. The Morgan fingerprint density at radius 2 is 1.85 bits per heavy atom. The monoisotopic (exact) mass is 361 g/mol. The van der Waals surface area contributed by atoms with Crippen LogP contribution in [0.3, 0.4) is 0 Å². The van der Waals surface area contributed by atoms with Crippen LogP contribution in [0.15, 0.2) is 53.3 Å². The molecule has 4 aromatic rings. The molecule has 2 heterocycles. The lowest BCUT2D eigenvalue weighted by Crippen LogP contribution is -2.35. The van der Waals surface area contributed by atoms with Crippen LogP contribution >= 0.6 is 0 Å². The first kappa shape index (κ1) is 17.0. The molecule has 1 amide bonds. The summed E-state index contributed by atoms with van der Waals surface area (Å²) >= 11 is 0. The highest BCUT2D eigenvalue weighted by atomic mass is 16.2. The van der Waals surface area contributed by atoms with Crippen molar-refractivity contribution in [3.8, 4) is 0 Å². The molecule has 2 aromatic carbocycles. The third-order valence-corrected chi connectivity index (χ3v) is 4.54. The fourth-order valence-corrected chi connectivity index (χ4v) is 3.18. The molecule has 0 aliphatic rings. The molecule has 27 heavy (non-hydrogen) atoms. The van der Waals surface area contributed by atoms with Crippen molar-refractivity contribution in [1.29, 1.82) is 0 Å². The van der Waals surface area contributed by atoms with Crippen LogP contribution in [0.4, 0.5) is 0 Å². The van der Waals surface area contributed by atoms with Crippen molar-refractivity contribution in [3.05, 3.63) is 70.4 Å². The summed E-state index contributed by atoms with van der Waals surface area (Å²) < 4.78 is 1.21. The van der Waals surface area contributed by atoms with Crippen LogP contribution in [0.1, 0.15) is 24.5 Å². The molecule has 1 unspecified atom stereocenters. The van der Waals surface area contributed by atoms with Crippen LogP contribution in [-0.2, 0) is 11.3 Å². The Labute approximate surface area is 155 Å². The topological polar surface area (TPSA) is 92.7 Å². The van der Waals surface area contributed by atoms with Crippen molar-refractivity contribution in [3.63, 3.8) is 0 Å². The normalized spacial score (nSPS) is 12.4. The molecule has 0 aliphatic heterocycles. The number of hydrogen-bond donors (Lipinski definition) is 2. The van der Waals surface area contributed by atoms with Crippen molar-refractivity contribution >= 4 is 27.7 Å². The molecule has 2 N–H and O–H groups in total.